The predicted octanol–water partition coefficient (Wildman–Crippen LogP) is 0.741. The molecule has 0 aliphatic carbocycles. The van der Waals surface area contributed by atoms with Gasteiger partial charge < -0.3 is 15.0 Å². The van der Waals surface area contributed by atoms with E-state index in [0.717, 1.165) is 17.4 Å². The van der Waals surface area contributed by atoms with Crippen LogP contribution < -0.4 is 15.4 Å². The Kier molecular flexibility index (Phi) is 5.70. The van der Waals surface area contributed by atoms with E-state index in [1.165, 1.54) is 30.3 Å². The molecule has 0 aromatic heterocycles. The molecule has 0 atom stereocenters. The van der Waals surface area contributed by atoms with Gasteiger partial charge in [-0.3, -0.25) is 4.79 Å². The third-order valence-corrected chi connectivity index (χ3v) is 7.74. The van der Waals surface area contributed by atoms with E-state index in [4.69, 9.17) is 9.88 Å². The molecule has 2 aliphatic rings. The highest BCUT2D eigenvalue weighted by Crippen LogP contribution is 2.42. The van der Waals surface area contributed by atoms with E-state index >= 15 is 0 Å². The quantitative estimate of drug-likeness (QED) is 0.568. The highest BCUT2D eigenvalue weighted by atomic mass is 32.2. The number of esters is 1. The summed E-state index contributed by atoms with van der Waals surface area (Å²) in [5.41, 5.74) is 1.26. The van der Waals surface area contributed by atoms with Crippen molar-refractivity contribution in [3.05, 3.63) is 48.0 Å². The molecule has 2 aromatic carbocycles. The van der Waals surface area contributed by atoms with Crippen LogP contribution in [-0.2, 0) is 29.6 Å². The van der Waals surface area contributed by atoms with Crippen LogP contribution in [0, 0.1) is 0 Å². The normalized spacial score (nSPS) is 16.5. The molecule has 4 rings (SSSR count). The Bertz CT molecular complexity index is 1350. The number of fused-ring (bicyclic) bond motifs is 3. The van der Waals surface area contributed by atoms with Gasteiger partial charge in [-0.15, -0.1) is 4.40 Å². The molecule has 0 saturated heterocycles. The van der Waals surface area contributed by atoms with Crippen molar-refractivity contribution in [3.63, 3.8) is 0 Å². The molecule has 2 heterocycles. The number of thioether (sulfide) groups is 1. The van der Waals surface area contributed by atoms with Crippen LogP contribution in [0.15, 0.2) is 56.7 Å². The van der Waals surface area contributed by atoms with Gasteiger partial charge in [0.05, 0.1) is 21.9 Å². The minimum Gasteiger partial charge on any atom is -0.452 e. The molecule has 11 nitrogen and oxygen atoms in total. The van der Waals surface area contributed by atoms with Gasteiger partial charge in [-0.1, -0.05) is 0 Å². The molecule has 0 fully saturated rings. The maximum Gasteiger partial charge on any atom is 0.338 e. The number of ether oxygens (including phenoxy) is 1. The van der Waals surface area contributed by atoms with Crippen LogP contribution in [0.4, 0.5) is 11.4 Å². The van der Waals surface area contributed by atoms with Crippen molar-refractivity contribution in [2.45, 2.75) is 9.79 Å². The van der Waals surface area contributed by atoms with Crippen molar-refractivity contribution in [3.8, 4) is 0 Å². The smallest absolute Gasteiger partial charge is 0.338 e. The number of hydrogen-bond donors (Lipinski definition) is 2. The highest BCUT2D eigenvalue weighted by Gasteiger charge is 2.33. The average molecular weight is 497 g/mol. The minimum absolute atomic E-state index is 0.0832. The summed E-state index contributed by atoms with van der Waals surface area (Å²) in [6, 6.07) is 9.94. The van der Waals surface area contributed by atoms with E-state index in [1.807, 2.05) is 0 Å². The molecule has 0 spiro atoms. The monoisotopic (exact) mass is 496 g/mol. The SMILES string of the molecule is NS(=O)(=O)c1ccc(NC(=O)COC(=O)c2ccc3c(c2)SC2=NS(=O)(=O)CCN23)cc1. The average Bonchev–Trinajstić information content (AvgIpc) is 3.07. The number of anilines is 2. The topological polar surface area (TPSA) is 165 Å². The second kappa shape index (κ2) is 8.20. The van der Waals surface area contributed by atoms with Crippen molar-refractivity contribution in [1.29, 1.82) is 0 Å². The largest absolute Gasteiger partial charge is 0.452 e. The van der Waals surface area contributed by atoms with Crippen LogP contribution in [0.5, 0.6) is 0 Å². The van der Waals surface area contributed by atoms with E-state index in [9.17, 15) is 26.4 Å². The summed E-state index contributed by atoms with van der Waals surface area (Å²) in [6.07, 6.45) is 0. The van der Waals surface area contributed by atoms with Crippen LogP contribution in [0.1, 0.15) is 10.4 Å². The molecule has 0 bridgehead atoms. The summed E-state index contributed by atoms with van der Waals surface area (Å²) in [6.45, 7) is -0.277. The van der Waals surface area contributed by atoms with Gasteiger partial charge in [-0.25, -0.2) is 26.8 Å². The van der Waals surface area contributed by atoms with Gasteiger partial charge in [-0.2, -0.15) is 0 Å². The molecule has 32 heavy (non-hydrogen) atoms. The van der Waals surface area contributed by atoms with Gasteiger partial charge in [0.25, 0.3) is 15.9 Å². The van der Waals surface area contributed by atoms with E-state index < -0.39 is 38.5 Å². The first kappa shape index (κ1) is 22.3. The molecular weight excluding hydrogens is 480 g/mol. The van der Waals surface area contributed by atoms with Crippen molar-refractivity contribution in [1.82, 2.24) is 0 Å². The summed E-state index contributed by atoms with van der Waals surface area (Å²) in [5, 5.41) is 7.83. The molecule has 0 unspecified atom stereocenters. The zero-order valence-corrected chi connectivity index (χ0v) is 18.7. The lowest BCUT2D eigenvalue weighted by Crippen LogP contribution is -2.35. The summed E-state index contributed by atoms with van der Waals surface area (Å²) in [5.74, 6) is -1.43. The lowest BCUT2D eigenvalue weighted by molar-refractivity contribution is -0.119. The Balaban J connectivity index is 1.37. The van der Waals surface area contributed by atoms with Gasteiger partial charge >= 0.3 is 5.97 Å². The molecular formula is C18H16N4O7S3. The Morgan fingerprint density at radius 3 is 2.59 bits per heavy atom. The minimum atomic E-state index is -3.84. The van der Waals surface area contributed by atoms with Crippen LogP contribution in [0.25, 0.3) is 0 Å². The summed E-state index contributed by atoms with van der Waals surface area (Å²) in [7, 11) is -7.32. The number of amidine groups is 1. The Labute approximate surface area is 187 Å². The molecule has 14 heteroatoms. The zero-order chi connectivity index (χ0) is 23.1. The fraction of sp³-hybridized carbons (Fsp3) is 0.167. The second-order valence-electron chi connectivity index (χ2n) is 6.79. The number of amides is 1. The standard InChI is InChI=1S/C18H16N4O7S3/c19-32(27,28)13-4-2-12(3-5-13)20-16(23)10-29-17(24)11-1-6-14-15(9-11)30-18-21-31(25,26)8-7-22(14)18/h1-6,9H,7-8,10H2,(H,20,23)(H2,19,27,28). The molecule has 0 radical (unpaired) electrons. The summed E-state index contributed by atoms with van der Waals surface area (Å²) < 4.78 is 54.7. The zero-order valence-electron chi connectivity index (χ0n) is 16.2. The first-order valence-electron chi connectivity index (χ1n) is 9.04. The number of carbonyl (C=O) groups excluding carboxylic acids is 2. The molecule has 1 amide bonds. The Morgan fingerprint density at radius 1 is 1.19 bits per heavy atom. The molecule has 168 valence electrons. The van der Waals surface area contributed by atoms with E-state index in [1.54, 1.807) is 17.0 Å². The predicted molar refractivity (Wildman–Crippen MR) is 118 cm³/mol. The number of benzene rings is 2. The Hall–Kier alpha value is -2.94. The van der Waals surface area contributed by atoms with Crippen LogP contribution in [0.2, 0.25) is 0 Å². The summed E-state index contributed by atoms with van der Waals surface area (Å²) >= 11 is 1.14. The summed E-state index contributed by atoms with van der Waals surface area (Å²) in [4.78, 5) is 26.7. The number of rotatable bonds is 5. The fourth-order valence-electron chi connectivity index (χ4n) is 3.00. The van der Waals surface area contributed by atoms with E-state index in [-0.39, 0.29) is 22.8 Å². The molecule has 2 aromatic rings. The first-order valence-corrected chi connectivity index (χ1v) is 13.0. The van der Waals surface area contributed by atoms with Crippen LogP contribution in [-0.4, -0.2) is 52.8 Å². The van der Waals surface area contributed by atoms with Gasteiger partial charge in [0.15, 0.2) is 11.8 Å². The molecule has 2 aliphatic heterocycles. The number of sulfonamides is 2. The van der Waals surface area contributed by atoms with Gasteiger partial charge in [0.2, 0.25) is 10.0 Å². The number of nitrogens with zero attached hydrogens (tertiary/aromatic N) is 2. The third kappa shape index (κ3) is 4.77. The number of hydrogen-bond acceptors (Lipinski definition) is 9. The van der Waals surface area contributed by atoms with Gasteiger partial charge in [0, 0.05) is 17.1 Å². The van der Waals surface area contributed by atoms with E-state index in [2.05, 4.69) is 9.71 Å². The maximum atomic E-state index is 12.3. The number of primary sulfonamides is 1. The van der Waals surface area contributed by atoms with Crippen molar-refractivity contribution >= 4 is 60.2 Å². The van der Waals surface area contributed by atoms with E-state index in [0.29, 0.717) is 15.8 Å². The van der Waals surface area contributed by atoms with Crippen molar-refractivity contribution in [2.24, 2.45) is 9.54 Å². The lowest BCUT2D eigenvalue weighted by atomic mass is 10.2. The maximum absolute atomic E-state index is 12.3. The highest BCUT2D eigenvalue weighted by molar-refractivity contribution is 8.15. The second-order valence-corrected chi connectivity index (χ2v) is 11.1. The van der Waals surface area contributed by atoms with Crippen LogP contribution >= 0.6 is 11.8 Å². The van der Waals surface area contributed by atoms with Gasteiger partial charge in [-0.05, 0) is 54.2 Å². The van der Waals surface area contributed by atoms with Crippen LogP contribution in [0.3, 0.4) is 0 Å². The number of nitrogens with one attached hydrogen (secondary N) is 1. The number of carbonyl (C=O) groups is 2. The Morgan fingerprint density at radius 2 is 1.91 bits per heavy atom. The fourth-order valence-corrected chi connectivity index (χ4v) is 5.81. The lowest BCUT2D eigenvalue weighted by Gasteiger charge is -2.22. The molecule has 3 N–H and O–H groups in total. The number of nitrogens with two attached hydrogens (primary N) is 1. The van der Waals surface area contributed by atoms with Crippen molar-refractivity contribution in [2.75, 3.05) is 29.1 Å². The third-order valence-electron chi connectivity index (χ3n) is 4.51. The first-order chi connectivity index (χ1) is 15.0. The van der Waals surface area contributed by atoms with Crippen molar-refractivity contribution < 1.29 is 31.2 Å². The molecule has 0 saturated carbocycles. The van der Waals surface area contributed by atoms with Gasteiger partial charge in [0.1, 0.15) is 0 Å².